The maximum Gasteiger partial charge on any atom is 0.0970 e. The zero-order valence-electron chi connectivity index (χ0n) is 25.9. The van der Waals surface area contributed by atoms with Crippen LogP contribution in [0.3, 0.4) is 0 Å². The van der Waals surface area contributed by atoms with Crippen molar-refractivity contribution in [3.8, 4) is 0 Å². The Morgan fingerprint density at radius 1 is 0.683 bits per heavy atom. The highest BCUT2D eigenvalue weighted by atomic mass is 35.5. The SMILES string of the molecule is CC1(C)CC(c2nc3cc(Cl)ccc3s2)CC(C)(C)N1.CN1C(C)(C)CC(c2nc3cc(Cl)ccc3s2)CC1(C)C. The summed E-state index contributed by atoms with van der Waals surface area (Å²) in [4.78, 5) is 12.2. The molecule has 0 spiro atoms. The normalized spacial score (nSPS) is 22.5. The van der Waals surface area contributed by atoms with E-state index in [0.717, 1.165) is 46.8 Å². The number of halogens is 2. The van der Waals surface area contributed by atoms with Crippen molar-refractivity contribution in [2.75, 3.05) is 7.05 Å². The molecule has 2 aromatic carbocycles. The average Bonchev–Trinajstić information content (AvgIpc) is 3.44. The molecule has 2 fully saturated rings. The first-order valence-electron chi connectivity index (χ1n) is 14.6. The van der Waals surface area contributed by atoms with Crippen LogP contribution in [0.25, 0.3) is 20.4 Å². The molecule has 41 heavy (non-hydrogen) atoms. The summed E-state index contributed by atoms with van der Waals surface area (Å²) in [5.74, 6) is 1.06. The number of thiazole rings is 2. The molecule has 0 saturated carbocycles. The van der Waals surface area contributed by atoms with Gasteiger partial charge in [-0.2, -0.15) is 0 Å². The number of piperidine rings is 2. The molecule has 2 aliphatic rings. The van der Waals surface area contributed by atoms with Gasteiger partial charge >= 0.3 is 0 Å². The summed E-state index contributed by atoms with van der Waals surface area (Å²) in [7, 11) is 2.24. The molecule has 4 heterocycles. The number of benzene rings is 2. The van der Waals surface area contributed by atoms with Gasteiger partial charge in [-0.05, 0) is 125 Å². The van der Waals surface area contributed by atoms with Crippen LogP contribution in [-0.2, 0) is 0 Å². The summed E-state index contributed by atoms with van der Waals surface area (Å²) in [5.41, 5.74) is 2.77. The fourth-order valence-electron chi connectivity index (χ4n) is 7.23. The largest absolute Gasteiger partial charge is 0.307 e. The number of nitrogens with zero attached hydrogens (tertiary/aromatic N) is 3. The van der Waals surface area contributed by atoms with Crippen LogP contribution in [-0.4, -0.2) is 44.1 Å². The lowest BCUT2D eigenvalue weighted by Gasteiger charge is -2.53. The van der Waals surface area contributed by atoms with Gasteiger partial charge in [-0.15, -0.1) is 22.7 Å². The van der Waals surface area contributed by atoms with Crippen molar-refractivity contribution in [3.05, 3.63) is 56.5 Å². The van der Waals surface area contributed by atoms with Crippen molar-refractivity contribution in [2.45, 2.75) is 115 Å². The van der Waals surface area contributed by atoms with E-state index in [1.54, 1.807) is 0 Å². The van der Waals surface area contributed by atoms with Gasteiger partial charge in [0, 0.05) is 44.0 Å². The zero-order chi connectivity index (χ0) is 30.0. The fourth-order valence-corrected chi connectivity index (χ4v) is 9.66. The Morgan fingerprint density at radius 3 is 1.49 bits per heavy atom. The van der Waals surface area contributed by atoms with E-state index in [0.29, 0.717) is 11.8 Å². The van der Waals surface area contributed by atoms with Crippen LogP contribution in [0.15, 0.2) is 36.4 Å². The van der Waals surface area contributed by atoms with Gasteiger partial charge in [0.15, 0.2) is 0 Å². The lowest BCUT2D eigenvalue weighted by atomic mass is 9.74. The Morgan fingerprint density at radius 2 is 1.07 bits per heavy atom. The van der Waals surface area contributed by atoms with E-state index in [9.17, 15) is 0 Å². The maximum atomic E-state index is 6.08. The van der Waals surface area contributed by atoms with Crippen molar-refractivity contribution in [1.82, 2.24) is 20.2 Å². The van der Waals surface area contributed by atoms with Crippen molar-refractivity contribution in [1.29, 1.82) is 0 Å². The highest BCUT2D eigenvalue weighted by Gasteiger charge is 2.44. The number of likely N-dealkylation sites (tertiary alicyclic amines) is 1. The molecule has 6 rings (SSSR count). The second-order valence-electron chi connectivity index (χ2n) is 14.6. The molecule has 0 amide bonds. The third-order valence-corrected chi connectivity index (χ3v) is 11.8. The van der Waals surface area contributed by atoms with E-state index >= 15 is 0 Å². The molecule has 1 N–H and O–H groups in total. The summed E-state index contributed by atoms with van der Waals surface area (Å²) in [6, 6.07) is 12.0. The number of fused-ring (bicyclic) bond motifs is 2. The molecular weight excluding hydrogens is 587 g/mol. The average molecular weight is 632 g/mol. The van der Waals surface area contributed by atoms with E-state index in [-0.39, 0.29) is 22.2 Å². The highest BCUT2D eigenvalue weighted by Crippen LogP contribution is 2.46. The predicted octanol–water partition coefficient (Wildman–Crippen LogP) is 10.3. The molecule has 0 bridgehead atoms. The minimum atomic E-state index is 0.155. The topological polar surface area (TPSA) is 41.1 Å². The molecule has 4 aromatic rings. The molecule has 222 valence electrons. The molecule has 2 aliphatic heterocycles. The summed E-state index contributed by atoms with van der Waals surface area (Å²) >= 11 is 15.8. The van der Waals surface area contributed by atoms with E-state index in [4.69, 9.17) is 33.2 Å². The maximum absolute atomic E-state index is 6.08. The van der Waals surface area contributed by atoms with Crippen LogP contribution in [0.2, 0.25) is 10.0 Å². The number of aromatic nitrogens is 2. The van der Waals surface area contributed by atoms with Crippen LogP contribution >= 0.6 is 45.9 Å². The zero-order valence-corrected chi connectivity index (χ0v) is 29.0. The van der Waals surface area contributed by atoms with Gasteiger partial charge in [0.1, 0.15) is 0 Å². The lowest BCUT2D eigenvalue weighted by molar-refractivity contribution is -0.0128. The van der Waals surface area contributed by atoms with Gasteiger partial charge < -0.3 is 5.32 Å². The van der Waals surface area contributed by atoms with E-state index < -0.39 is 0 Å². The first-order valence-corrected chi connectivity index (χ1v) is 17.0. The molecule has 0 radical (unpaired) electrons. The van der Waals surface area contributed by atoms with Crippen LogP contribution in [0.5, 0.6) is 0 Å². The van der Waals surface area contributed by atoms with Gasteiger partial charge in [-0.3, -0.25) is 4.90 Å². The fraction of sp³-hybridized carbons (Fsp3) is 0.576. The molecule has 2 aromatic heterocycles. The highest BCUT2D eigenvalue weighted by molar-refractivity contribution is 7.19. The number of hydrogen-bond acceptors (Lipinski definition) is 6. The molecule has 0 aliphatic carbocycles. The molecule has 4 nitrogen and oxygen atoms in total. The quantitative estimate of drug-likeness (QED) is 0.239. The number of hydrogen-bond donors (Lipinski definition) is 1. The second kappa shape index (κ2) is 11.0. The van der Waals surface area contributed by atoms with Gasteiger partial charge in [0.05, 0.1) is 30.4 Å². The molecule has 8 heteroatoms. The summed E-state index contributed by atoms with van der Waals surface area (Å²) < 4.78 is 2.47. The third-order valence-electron chi connectivity index (χ3n) is 8.93. The second-order valence-corrected chi connectivity index (χ2v) is 17.6. The van der Waals surface area contributed by atoms with Crippen LogP contribution < -0.4 is 5.32 Å². The Labute approximate surface area is 263 Å². The van der Waals surface area contributed by atoms with Crippen molar-refractivity contribution >= 4 is 66.3 Å². The Kier molecular flexibility index (Phi) is 8.37. The molecule has 0 unspecified atom stereocenters. The van der Waals surface area contributed by atoms with Crippen LogP contribution in [0.1, 0.15) is 103 Å². The molecular formula is C33H44Cl2N4S2. The van der Waals surface area contributed by atoms with Crippen molar-refractivity contribution < 1.29 is 0 Å². The first kappa shape index (κ1) is 31.2. The van der Waals surface area contributed by atoms with E-state index in [1.165, 1.54) is 19.4 Å². The number of nitrogens with one attached hydrogen (secondary N) is 1. The monoisotopic (exact) mass is 630 g/mol. The van der Waals surface area contributed by atoms with E-state index in [1.807, 2.05) is 46.9 Å². The van der Waals surface area contributed by atoms with Crippen molar-refractivity contribution in [3.63, 3.8) is 0 Å². The van der Waals surface area contributed by atoms with Crippen molar-refractivity contribution in [2.24, 2.45) is 0 Å². The van der Waals surface area contributed by atoms with Gasteiger partial charge in [0.25, 0.3) is 0 Å². The lowest BCUT2D eigenvalue weighted by Crippen LogP contribution is -2.58. The minimum absolute atomic E-state index is 0.155. The Bertz CT molecular complexity index is 1520. The van der Waals surface area contributed by atoms with Gasteiger partial charge in [-0.25, -0.2) is 9.97 Å². The first-order chi connectivity index (χ1) is 18.9. The predicted molar refractivity (Wildman–Crippen MR) is 180 cm³/mol. The summed E-state index contributed by atoms with van der Waals surface area (Å²) in [5, 5.41) is 7.78. The Balaban J connectivity index is 0.000000165. The standard InChI is InChI=1S/C17H23ClN2S.C16H21ClN2S/c1-16(2)9-11(10-17(3,4)20(16)5)15-19-13-8-12(18)6-7-14(13)21-15;1-15(2)8-10(9-16(3,4)19-15)14-18-12-7-11(17)5-6-13(12)20-14/h6-8,11H,9-10H2,1-5H3;5-7,10,19H,8-9H2,1-4H3. The number of rotatable bonds is 2. The van der Waals surface area contributed by atoms with E-state index in [2.05, 4.69) is 84.8 Å². The smallest absolute Gasteiger partial charge is 0.0970 e. The third kappa shape index (κ3) is 6.94. The molecule has 0 atom stereocenters. The van der Waals surface area contributed by atoms with Crippen LogP contribution in [0, 0.1) is 0 Å². The van der Waals surface area contributed by atoms with Gasteiger partial charge in [-0.1, -0.05) is 23.2 Å². The minimum Gasteiger partial charge on any atom is -0.307 e. The summed E-state index contributed by atoms with van der Waals surface area (Å²) in [6.45, 7) is 18.5. The molecule has 2 saturated heterocycles. The van der Waals surface area contributed by atoms with Gasteiger partial charge in [0.2, 0.25) is 0 Å². The van der Waals surface area contributed by atoms with Crippen LogP contribution in [0.4, 0.5) is 0 Å². The summed E-state index contributed by atoms with van der Waals surface area (Å²) in [6.07, 6.45) is 4.56. The Hall–Kier alpha value is -1.28.